The third kappa shape index (κ3) is 3.39. The summed E-state index contributed by atoms with van der Waals surface area (Å²) in [6.45, 7) is 3.88. The molecule has 0 heterocycles. The molecule has 0 bridgehead atoms. The Labute approximate surface area is 90.9 Å². The number of carboxylic acid groups (broad SMARTS) is 1. The molecular weight excluding hydrogens is 188 g/mol. The monoisotopic (exact) mass is 206 g/mol. The van der Waals surface area contributed by atoms with E-state index in [4.69, 9.17) is 5.11 Å². The maximum Gasteiger partial charge on any atom is 0.310 e. The number of carbonyl (C=O) groups is 1. The zero-order valence-electron chi connectivity index (χ0n) is 9.36. The first-order valence-electron chi connectivity index (χ1n) is 5.46. The topological polar surface area (TPSA) is 37.3 Å². The maximum atomic E-state index is 10.8. The van der Waals surface area contributed by atoms with Crippen molar-refractivity contribution in [3.63, 3.8) is 0 Å². The number of unbranched alkanes of at least 4 members (excludes halogenated alkanes) is 1. The molecule has 0 amide bonds. The molecule has 0 saturated heterocycles. The van der Waals surface area contributed by atoms with E-state index in [1.165, 1.54) is 18.4 Å². The molecule has 0 saturated carbocycles. The number of carboxylic acids is 1. The molecule has 15 heavy (non-hydrogen) atoms. The van der Waals surface area contributed by atoms with E-state index in [0.717, 1.165) is 12.0 Å². The lowest BCUT2D eigenvalue weighted by Crippen LogP contribution is -2.07. The van der Waals surface area contributed by atoms with Gasteiger partial charge in [-0.25, -0.2) is 0 Å². The van der Waals surface area contributed by atoms with E-state index < -0.39 is 11.9 Å². The number of rotatable bonds is 5. The summed E-state index contributed by atoms with van der Waals surface area (Å²) in [4.78, 5) is 10.8. The van der Waals surface area contributed by atoms with Crippen LogP contribution in [-0.2, 0) is 11.2 Å². The molecule has 2 nitrogen and oxygen atoms in total. The molecule has 1 rings (SSSR count). The number of hydrogen-bond donors (Lipinski definition) is 1. The summed E-state index contributed by atoms with van der Waals surface area (Å²) in [5.74, 6) is -1.18. The number of benzene rings is 1. The quantitative estimate of drug-likeness (QED) is 0.803. The fourth-order valence-corrected chi connectivity index (χ4v) is 1.50. The fourth-order valence-electron chi connectivity index (χ4n) is 1.50. The Morgan fingerprint density at radius 3 is 2.40 bits per heavy atom. The van der Waals surface area contributed by atoms with Crippen molar-refractivity contribution in [1.82, 2.24) is 0 Å². The molecular formula is C13H18O2. The van der Waals surface area contributed by atoms with Gasteiger partial charge in [0.15, 0.2) is 0 Å². The van der Waals surface area contributed by atoms with Crippen molar-refractivity contribution < 1.29 is 9.90 Å². The fraction of sp³-hybridized carbons (Fsp3) is 0.462. The van der Waals surface area contributed by atoms with Crippen LogP contribution in [0.4, 0.5) is 0 Å². The highest BCUT2D eigenvalue weighted by Crippen LogP contribution is 2.16. The van der Waals surface area contributed by atoms with Crippen LogP contribution in [0.1, 0.15) is 43.7 Å². The van der Waals surface area contributed by atoms with E-state index in [9.17, 15) is 4.79 Å². The Kier molecular flexibility index (Phi) is 4.35. The predicted molar refractivity (Wildman–Crippen MR) is 61.1 cm³/mol. The number of hydrogen-bond acceptors (Lipinski definition) is 1. The Balaban J connectivity index is 2.67. The second kappa shape index (κ2) is 5.54. The average molecular weight is 206 g/mol. The summed E-state index contributed by atoms with van der Waals surface area (Å²) < 4.78 is 0. The summed E-state index contributed by atoms with van der Waals surface area (Å²) in [5, 5.41) is 8.85. The van der Waals surface area contributed by atoms with Gasteiger partial charge in [0, 0.05) is 0 Å². The van der Waals surface area contributed by atoms with Gasteiger partial charge in [-0.3, -0.25) is 4.79 Å². The van der Waals surface area contributed by atoms with E-state index in [1.807, 2.05) is 24.3 Å². The Morgan fingerprint density at radius 2 is 1.93 bits per heavy atom. The minimum absolute atomic E-state index is 0.412. The smallest absolute Gasteiger partial charge is 0.310 e. The third-order valence-corrected chi connectivity index (χ3v) is 2.67. The van der Waals surface area contributed by atoms with Crippen LogP contribution in [0.15, 0.2) is 24.3 Å². The van der Waals surface area contributed by atoms with Gasteiger partial charge in [0.25, 0.3) is 0 Å². The highest BCUT2D eigenvalue weighted by molar-refractivity contribution is 5.75. The summed E-state index contributed by atoms with van der Waals surface area (Å²) >= 11 is 0. The van der Waals surface area contributed by atoms with Crippen LogP contribution >= 0.6 is 0 Å². The van der Waals surface area contributed by atoms with Gasteiger partial charge < -0.3 is 5.11 Å². The largest absolute Gasteiger partial charge is 0.481 e. The second-order valence-corrected chi connectivity index (χ2v) is 3.91. The lowest BCUT2D eigenvalue weighted by molar-refractivity contribution is -0.138. The van der Waals surface area contributed by atoms with Crippen molar-refractivity contribution in [1.29, 1.82) is 0 Å². The van der Waals surface area contributed by atoms with Crippen LogP contribution in [0.5, 0.6) is 0 Å². The lowest BCUT2D eigenvalue weighted by Gasteiger charge is -2.07. The molecule has 0 spiro atoms. The van der Waals surface area contributed by atoms with Crippen molar-refractivity contribution >= 4 is 5.97 Å². The zero-order chi connectivity index (χ0) is 11.3. The van der Waals surface area contributed by atoms with Gasteiger partial charge in [-0.15, -0.1) is 0 Å². The first-order chi connectivity index (χ1) is 7.15. The first-order valence-corrected chi connectivity index (χ1v) is 5.46. The van der Waals surface area contributed by atoms with E-state index in [2.05, 4.69) is 6.92 Å². The minimum Gasteiger partial charge on any atom is -0.481 e. The Morgan fingerprint density at radius 1 is 1.33 bits per heavy atom. The number of aryl methyl sites for hydroxylation is 1. The SMILES string of the molecule is CCCCc1ccc([C@H](C)C(=O)O)cc1. The van der Waals surface area contributed by atoms with E-state index in [1.54, 1.807) is 6.92 Å². The molecule has 2 heteroatoms. The van der Waals surface area contributed by atoms with Crippen LogP contribution in [0.3, 0.4) is 0 Å². The third-order valence-electron chi connectivity index (χ3n) is 2.67. The van der Waals surface area contributed by atoms with Gasteiger partial charge in [-0.05, 0) is 30.9 Å². The van der Waals surface area contributed by atoms with E-state index >= 15 is 0 Å². The molecule has 0 unspecified atom stereocenters. The highest BCUT2D eigenvalue weighted by Gasteiger charge is 2.12. The standard InChI is InChI=1S/C13H18O2/c1-3-4-5-11-6-8-12(9-7-11)10(2)13(14)15/h6-10H,3-5H2,1-2H3,(H,14,15)/t10-/m0/s1. The molecule has 0 radical (unpaired) electrons. The van der Waals surface area contributed by atoms with Crippen LogP contribution in [0.25, 0.3) is 0 Å². The molecule has 82 valence electrons. The van der Waals surface area contributed by atoms with Gasteiger partial charge in [-0.2, -0.15) is 0 Å². The molecule has 1 aromatic carbocycles. The number of aliphatic carboxylic acids is 1. The predicted octanol–water partition coefficient (Wildman–Crippen LogP) is 3.22. The van der Waals surface area contributed by atoms with Crippen LogP contribution in [0, 0.1) is 0 Å². The Bertz CT molecular complexity index is 314. The van der Waals surface area contributed by atoms with E-state index in [-0.39, 0.29) is 0 Å². The molecule has 1 aromatic rings. The van der Waals surface area contributed by atoms with Gasteiger partial charge >= 0.3 is 5.97 Å². The van der Waals surface area contributed by atoms with Gasteiger partial charge in [0.05, 0.1) is 5.92 Å². The summed E-state index contributed by atoms with van der Waals surface area (Å²) in [6.07, 6.45) is 3.46. The van der Waals surface area contributed by atoms with Crippen molar-refractivity contribution in [3.8, 4) is 0 Å². The van der Waals surface area contributed by atoms with Crippen molar-refractivity contribution in [2.45, 2.75) is 39.0 Å². The van der Waals surface area contributed by atoms with Gasteiger partial charge in [0.1, 0.15) is 0 Å². The first kappa shape index (κ1) is 11.8. The Hall–Kier alpha value is -1.31. The molecule has 0 aliphatic heterocycles. The maximum absolute atomic E-state index is 10.8. The summed E-state index contributed by atoms with van der Waals surface area (Å²) in [7, 11) is 0. The normalized spacial score (nSPS) is 12.4. The van der Waals surface area contributed by atoms with Gasteiger partial charge in [-0.1, -0.05) is 37.6 Å². The van der Waals surface area contributed by atoms with E-state index in [0.29, 0.717) is 0 Å². The summed E-state index contributed by atoms with van der Waals surface area (Å²) in [6, 6.07) is 7.91. The zero-order valence-corrected chi connectivity index (χ0v) is 9.36. The molecule has 0 aliphatic carbocycles. The summed E-state index contributed by atoms with van der Waals surface area (Å²) in [5.41, 5.74) is 2.17. The highest BCUT2D eigenvalue weighted by atomic mass is 16.4. The average Bonchev–Trinajstić information content (AvgIpc) is 2.26. The molecule has 0 aliphatic rings. The van der Waals surface area contributed by atoms with Crippen LogP contribution in [-0.4, -0.2) is 11.1 Å². The second-order valence-electron chi connectivity index (χ2n) is 3.91. The lowest BCUT2D eigenvalue weighted by atomic mass is 9.99. The van der Waals surface area contributed by atoms with Crippen LogP contribution in [0.2, 0.25) is 0 Å². The van der Waals surface area contributed by atoms with Crippen molar-refractivity contribution in [2.75, 3.05) is 0 Å². The molecule has 0 aromatic heterocycles. The van der Waals surface area contributed by atoms with Crippen molar-refractivity contribution in [3.05, 3.63) is 35.4 Å². The van der Waals surface area contributed by atoms with Crippen molar-refractivity contribution in [2.24, 2.45) is 0 Å². The van der Waals surface area contributed by atoms with Crippen LogP contribution < -0.4 is 0 Å². The molecule has 1 N–H and O–H groups in total. The molecule has 1 atom stereocenters. The minimum atomic E-state index is -0.767. The molecule has 0 fully saturated rings. The van der Waals surface area contributed by atoms with Gasteiger partial charge in [0.2, 0.25) is 0 Å².